The van der Waals surface area contributed by atoms with Gasteiger partial charge in [-0.2, -0.15) is 0 Å². The zero-order valence-electron chi connectivity index (χ0n) is 17.5. The summed E-state index contributed by atoms with van der Waals surface area (Å²) in [5.74, 6) is 1.34. The molecule has 5 nitrogen and oxygen atoms in total. The molecule has 0 aromatic heterocycles. The van der Waals surface area contributed by atoms with Crippen LogP contribution in [0.15, 0.2) is 48.5 Å². The average molecular weight is 419 g/mol. The molecule has 3 N–H and O–H groups in total. The molecule has 0 radical (unpaired) electrons. The van der Waals surface area contributed by atoms with Gasteiger partial charge in [0.25, 0.3) is 0 Å². The zero-order chi connectivity index (χ0) is 20.4. The Balaban J connectivity index is 0.00000300. The summed E-state index contributed by atoms with van der Waals surface area (Å²) in [6.45, 7) is 8.93. The number of nitrogens with one attached hydrogen (secondary N) is 1. The van der Waals surface area contributed by atoms with Crippen LogP contribution in [0, 0.1) is 12.3 Å². The van der Waals surface area contributed by atoms with E-state index in [0.717, 1.165) is 22.6 Å². The Morgan fingerprint density at radius 2 is 1.90 bits per heavy atom. The molecule has 1 amide bonds. The van der Waals surface area contributed by atoms with Crippen molar-refractivity contribution in [2.45, 2.75) is 52.3 Å². The normalized spacial score (nSPS) is 22.2. The molecule has 0 saturated heterocycles. The fourth-order valence-electron chi connectivity index (χ4n) is 3.67. The molecule has 1 aliphatic carbocycles. The van der Waals surface area contributed by atoms with Crippen LogP contribution >= 0.6 is 12.4 Å². The number of amides is 1. The molecule has 2 atom stereocenters. The van der Waals surface area contributed by atoms with Crippen molar-refractivity contribution in [1.29, 1.82) is 0 Å². The first-order valence-electron chi connectivity index (χ1n) is 9.79. The third kappa shape index (κ3) is 4.58. The van der Waals surface area contributed by atoms with Gasteiger partial charge in [-0.3, -0.25) is 4.79 Å². The summed E-state index contributed by atoms with van der Waals surface area (Å²) in [6.07, 6.45) is 0.533. The second-order valence-electron chi connectivity index (χ2n) is 8.05. The van der Waals surface area contributed by atoms with Crippen LogP contribution in [0.2, 0.25) is 0 Å². The Kier molecular flexibility index (Phi) is 7.33. The predicted molar refractivity (Wildman–Crippen MR) is 118 cm³/mol. The molecular formula is C23H31ClN2O3. The number of halogens is 1. The van der Waals surface area contributed by atoms with Gasteiger partial charge in [0.1, 0.15) is 17.0 Å². The maximum atomic E-state index is 12.9. The van der Waals surface area contributed by atoms with E-state index in [4.69, 9.17) is 15.2 Å². The van der Waals surface area contributed by atoms with Crippen molar-refractivity contribution in [2.24, 2.45) is 11.1 Å². The number of aryl methyl sites for hydroxylation is 1. The standard InChI is InChI=1S/C23H30N2O3.ClH/c1-5-27-20-14-23(24,22(20,3)4)21(26)25-15-17-12-11-16(2)13-19(17)28-18-9-7-6-8-10-18;/h6-13,20H,5,14-15,24H2,1-4H3,(H,25,26);1H. The van der Waals surface area contributed by atoms with Crippen LogP contribution in [-0.2, 0) is 16.1 Å². The van der Waals surface area contributed by atoms with Gasteiger partial charge in [-0.15, -0.1) is 12.4 Å². The van der Waals surface area contributed by atoms with Crippen LogP contribution in [0.3, 0.4) is 0 Å². The predicted octanol–water partition coefficient (Wildman–Crippen LogP) is 4.36. The van der Waals surface area contributed by atoms with Crippen molar-refractivity contribution >= 4 is 18.3 Å². The summed E-state index contributed by atoms with van der Waals surface area (Å²) in [5, 5.41) is 3.01. The van der Waals surface area contributed by atoms with E-state index in [1.165, 1.54) is 0 Å². The minimum atomic E-state index is -0.933. The number of hydrogen-bond acceptors (Lipinski definition) is 4. The van der Waals surface area contributed by atoms with Gasteiger partial charge < -0.3 is 20.5 Å². The largest absolute Gasteiger partial charge is 0.457 e. The van der Waals surface area contributed by atoms with Gasteiger partial charge in [0.15, 0.2) is 0 Å². The number of ether oxygens (including phenoxy) is 2. The third-order valence-electron chi connectivity index (χ3n) is 5.87. The molecule has 3 rings (SSSR count). The van der Waals surface area contributed by atoms with Gasteiger partial charge in [0, 0.05) is 30.6 Å². The smallest absolute Gasteiger partial charge is 0.241 e. The van der Waals surface area contributed by atoms with E-state index < -0.39 is 11.0 Å². The first-order valence-corrected chi connectivity index (χ1v) is 9.79. The first kappa shape index (κ1) is 23.2. The highest BCUT2D eigenvalue weighted by atomic mass is 35.5. The molecule has 2 unspecified atom stereocenters. The highest BCUT2D eigenvalue weighted by molar-refractivity contribution is 5.88. The third-order valence-corrected chi connectivity index (χ3v) is 5.87. The molecular weight excluding hydrogens is 388 g/mol. The fourth-order valence-corrected chi connectivity index (χ4v) is 3.67. The Hall–Kier alpha value is -2.08. The minimum absolute atomic E-state index is 0. The lowest BCUT2D eigenvalue weighted by atomic mass is 9.54. The summed E-state index contributed by atoms with van der Waals surface area (Å²) in [6, 6.07) is 15.6. The molecule has 1 saturated carbocycles. The molecule has 6 heteroatoms. The van der Waals surface area contributed by atoms with E-state index in [1.54, 1.807) is 0 Å². The number of carbonyl (C=O) groups is 1. The van der Waals surface area contributed by atoms with Crippen LogP contribution in [0.1, 0.15) is 38.3 Å². The van der Waals surface area contributed by atoms with Gasteiger partial charge in [0.05, 0.1) is 6.10 Å². The number of para-hydroxylation sites is 1. The van der Waals surface area contributed by atoms with Gasteiger partial charge in [-0.1, -0.05) is 44.2 Å². The summed E-state index contributed by atoms with van der Waals surface area (Å²) in [4.78, 5) is 12.9. The summed E-state index contributed by atoms with van der Waals surface area (Å²) < 4.78 is 11.8. The first-order chi connectivity index (χ1) is 13.3. The fraction of sp³-hybridized carbons (Fsp3) is 0.435. The second-order valence-corrected chi connectivity index (χ2v) is 8.05. The minimum Gasteiger partial charge on any atom is -0.457 e. The molecule has 2 aromatic carbocycles. The van der Waals surface area contributed by atoms with E-state index in [-0.39, 0.29) is 24.4 Å². The average Bonchev–Trinajstić information content (AvgIpc) is 2.67. The number of nitrogens with two attached hydrogens (primary N) is 1. The van der Waals surface area contributed by atoms with Crippen LogP contribution in [0.4, 0.5) is 0 Å². The number of benzene rings is 2. The number of carbonyl (C=O) groups excluding carboxylic acids is 1. The maximum Gasteiger partial charge on any atom is 0.241 e. The van der Waals surface area contributed by atoms with Crippen LogP contribution in [0.5, 0.6) is 11.5 Å². The summed E-state index contributed by atoms with van der Waals surface area (Å²) in [7, 11) is 0. The molecule has 0 aliphatic heterocycles. The van der Waals surface area contributed by atoms with Gasteiger partial charge >= 0.3 is 0 Å². The monoisotopic (exact) mass is 418 g/mol. The van der Waals surface area contributed by atoms with Crippen molar-refractivity contribution in [3.05, 3.63) is 59.7 Å². The van der Waals surface area contributed by atoms with Crippen LogP contribution < -0.4 is 15.8 Å². The van der Waals surface area contributed by atoms with Gasteiger partial charge in [-0.25, -0.2) is 0 Å². The molecule has 0 bridgehead atoms. The maximum absolute atomic E-state index is 12.9. The zero-order valence-corrected chi connectivity index (χ0v) is 18.3. The van der Waals surface area contributed by atoms with E-state index in [1.807, 2.05) is 76.2 Å². The summed E-state index contributed by atoms with van der Waals surface area (Å²) in [5.41, 5.74) is 7.13. The Bertz CT molecular complexity index is 841. The lowest BCUT2D eigenvalue weighted by molar-refractivity contribution is -0.170. The molecule has 0 heterocycles. The SMILES string of the molecule is CCOC1CC(N)(C(=O)NCc2ccc(C)cc2Oc2ccccc2)C1(C)C.Cl. The van der Waals surface area contributed by atoms with Crippen molar-refractivity contribution in [3.63, 3.8) is 0 Å². The topological polar surface area (TPSA) is 73.6 Å². The number of rotatable bonds is 7. The van der Waals surface area contributed by atoms with E-state index >= 15 is 0 Å². The van der Waals surface area contributed by atoms with Crippen molar-refractivity contribution in [3.8, 4) is 11.5 Å². The number of hydrogen-bond donors (Lipinski definition) is 2. The molecule has 0 spiro atoms. The Labute approximate surface area is 179 Å². The highest BCUT2D eigenvalue weighted by Crippen LogP contribution is 2.49. The Morgan fingerprint density at radius 1 is 1.21 bits per heavy atom. The molecule has 158 valence electrons. The van der Waals surface area contributed by atoms with Crippen LogP contribution in [-0.4, -0.2) is 24.2 Å². The lowest BCUT2D eigenvalue weighted by Crippen LogP contribution is -2.75. The Morgan fingerprint density at radius 3 is 2.52 bits per heavy atom. The van der Waals surface area contributed by atoms with Crippen LogP contribution in [0.25, 0.3) is 0 Å². The highest BCUT2D eigenvalue weighted by Gasteiger charge is 2.62. The lowest BCUT2D eigenvalue weighted by Gasteiger charge is -2.57. The molecule has 1 fully saturated rings. The van der Waals surface area contributed by atoms with Crippen molar-refractivity contribution in [2.75, 3.05) is 6.61 Å². The van der Waals surface area contributed by atoms with Gasteiger partial charge in [-0.05, 0) is 37.6 Å². The van der Waals surface area contributed by atoms with Gasteiger partial charge in [0.2, 0.25) is 5.91 Å². The van der Waals surface area contributed by atoms with E-state index in [0.29, 0.717) is 19.6 Å². The van der Waals surface area contributed by atoms with Crippen molar-refractivity contribution < 1.29 is 14.3 Å². The van der Waals surface area contributed by atoms with E-state index in [2.05, 4.69) is 5.32 Å². The molecule has 1 aliphatic rings. The second kappa shape index (κ2) is 9.16. The van der Waals surface area contributed by atoms with E-state index in [9.17, 15) is 4.79 Å². The quantitative estimate of drug-likeness (QED) is 0.700. The van der Waals surface area contributed by atoms with Crippen molar-refractivity contribution in [1.82, 2.24) is 5.32 Å². The summed E-state index contributed by atoms with van der Waals surface area (Å²) >= 11 is 0. The molecule has 29 heavy (non-hydrogen) atoms. The molecule has 2 aromatic rings.